The molecule has 3 aromatic carbocycles. The molecule has 5 nitrogen and oxygen atoms in total. The van der Waals surface area contributed by atoms with E-state index in [0.29, 0.717) is 6.42 Å². The number of rotatable bonds is 5. The quantitative estimate of drug-likeness (QED) is 0.678. The van der Waals surface area contributed by atoms with E-state index in [1.807, 2.05) is 55.5 Å². The molecule has 0 aliphatic carbocycles. The topological polar surface area (TPSA) is 66.5 Å². The molecule has 0 radical (unpaired) electrons. The number of nitrogens with zero attached hydrogens (tertiary/aromatic N) is 1. The fourth-order valence-corrected chi connectivity index (χ4v) is 5.46. The largest absolute Gasteiger partial charge is 0.324 e. The van der Waals surface area contributed by atoms with Gasteiger partial charge in [-0.05, 0) is 47.7 Å². The summed E-state index contributed by atoms with van der Waals surface area (Å²) < 4.78 is 28.2. The Morgan fingerprint density at radius 2 is 1.57 bits per heavy atom. The molecule has 0 saturated heterocycles. The fourth-order valence-electron chi connectivity index (χ4n) is 3.87. The third-order valence-electron chi connectivity index (χ3n) is 5.51. The summed E-state index contributed by atoms with van der Waals surface area (Å²) in [5.74, 6) is -0.315. The summed E-state index contributed by atoms with van der Waals surface area (Å²) in [4.78, 5) is 13.5. The summed E-state index contributed by atoms with van der Waals surface area (Å²) in [6, 6.07) is 22.8. The molecule has 4 rings (SSSR count). The van der Waals surface area contributed by atoms with E-state index in [1.165, 1.54) is 4.31 Å². The molecule has 0 bridgehead atoms. The summed E-state index contributed by atoms with van der Waals surface area (Å²) in [6.45, 7) is 2.19. The number of hydrogen-bond donors (Lipinski definition) is 1. The van der Waals surface area contributed by atoms with Crippen molar-refractivity contribution < 1.29 is 13.2 Å². The van der Waals surface area contributed by atoms with Gasteiger partial charge in [-0.1, -0.05) is 67.6 Å². The Morgan fingerprint density at radius 3 is 2.30 bits per heavy atom. The second-order valence-electron chi connectivity index (χ2n) is 7.35. The van der Waals surface area contributed by atoms with Crippen molar-refractivity contribution in [2.45, 2.75) is 37.2 Å². The second kappa shape index (κ2) is 8.42. The molecule has 0 fully saturated rings. The van der Waals surface area contributed by atoms with Crippen LogP contribution in [0.15, 0.2) is 83.8 Å². The molecular formula is C24H24N2O3S. The third-order valence-corrected chi connectivity index (χ3v) is 7.38. The van der Waals surface area contributed by atoms with Crippen LogP contribution in [0.3, 0.4) is 0 Å². The number of sulfonamides is 1. The van der Waals surface area contributed by atoms with Gasteiger partial charge in [0.2, 0.25) is 15.9 Å². The van der Waals surface area contributed by atoms with Crippen LogP contribution in [-0.4, -0.2) is 24.7 Å². The molecule has 30 heavy (non-hydrogen) atoms. The van der Waals surface area contributed by atoms with E-state index in [0.717, 1.165) is 28.8 Å². The van der Waals surface area contributed by atoms with E-state index in [1.54, 1.807) is 30.3 Å². The Labute approximate surface area is 177 Å². The molecule has 1 aliphatic rings. The first-order valence-corrected chi connectivity index (χ1v) is 11.5. The average molecular weight is 421 g/mol. The number of benzene rings is 3. The first-order valence-electron chi connectivity index (χ1n) is 10.0. The van der Waals surface area contributed by atoms with Gasteiger partial charge in [0.25, 0.3) is 0 Å². The molecule has 0 saturated carbocycles. The van der Waals surface area contributed by atoms with Crippen LogP contribution in [0, 0.1) is 0 Å². The highest BCUT2D eigenvalue weighted by Crippen LogP contribution is 2.30. The van der Waals surface area contributed by atoms with Gasteiger partial charge in [0.05, 0.1) is 4.90 Å². The van der Waals surface area contributed by atoms with E-state index in [9.17, 15) is 13.2 Å². The summed E-state index contributed by atoms with van der Waals surface area (Å²) in [5.41, 5.74) is 3.66. The average Bonchev–Trinajstić information content (AvgIpc) is 2.79. The van der Waals surface area contributed by atoms with Crippen LogP contribution in [0.2, 0.25) is 0 Å². The lowest BCUT2D eigenvalue weighted by atomic mass is 9.95. The number of anilines is 1. The van der Waals surface area contributed by atoms with Crippen LogP contribution in [0.25, 0.3) is 0 Å². The highest BCUT2D eigenvalue weighted by molar-refractivity contribution is 7.89. The summed E-state index contributed by atoms with van der Waals surface area (Å²) in [6.07, 6.45) is 1.11. The summed E-state index contributed by atoms with van der Waals surface area (Å²) in [7, 11) is -3.83. The van der Waals surface area contributed by atoms with Gasteiger partial charge in [0.15, 0.2) is 0 Å². The molecule has 154 valence electrons. The maximum atomic E-state index is 13.4. The normalized spacial score (nSPS) is 16.6. The Bertz CT molecular complexity index is 1160. The lowest BCUT2D eigenvalue weighted by Gasteiger charge is -2.35. The maximum absolute atomic E-state index is 13.4. The SMILES string of the molecule is CCc1ccccc1NC(=O)[C@@H]1Cc2ccccc2CN1S(=O)(=O)c1ccccc1. The number of fused-ring (bicyclic) bond motifs is 1. The van der Waals surface area contributed by atoms with Crippen molar-refractivity contribution in [3.8, 4) is 0 Å². The van der Waals surface area contributed by atoms with Crippen molar-refractivity contribution in [3.05, 3.63) is 95.6 Å². The fraction of sp³-hybridized carbons (Fsp3) is 0.208. The van der Waals surface area contributed by atoms with E-state index in [2.05, 4.69) is 5.32 Å². The third kappa shape index (κ3) is 3.88. The number of carbonyl (C=O) groups excluding carboxylic acids is 1. The molecule has 1 aliphatic heterocycles. The number of nitrogens with one attached hydrogen (secondary N) is 1. The zero-order valence-corrected chi connectivity index (χ0v) is 17.6. The molecule has 1 N–H and O–H groups in total. The minimum Gasteiger partial charge on any atom is -0.324 e. The number of aryl methyl sites for hydroxylation is 1. The van der Waals surface area contributed by atoms with Crippen LogP contribution >= 0.6 is 0 Å². The number of hydrogen-bond acceptors (Lipinski definition) is 3. The molecule has 0 aromatic heterocycles. The van der Waals surface area contributed by atoms with Gasteiger partial charge < -0.3 is 5.32 Å². The number of carbonyl (C=O) groups is 1. The van der Waals surface area contributed by atoms with Gasteiger partial charge in [-0.25, -0.2) is 8.42 Å². The van der Waals surface area contributed by atoms with Gasteiger partial charge in [0.1, 0.15) is 6.04 Å². The molecule has 6 heteroatoms. The predicted octanol–water partition coefficient (Wildman–Crippen LogP) is 4.00. The number of para-hydroxylation sites is 1. The highest BCUT2D eigenvalue weighted by atomic mass is 32.2. The van der Waals surface area contributed by atoms with Crippen molar-refractivity contribution in [1.29, 1.82) is 0 Å². The molecule has 0 unspecified atom stereocenters. The maximum Gasteiger partial charge on any atom is 0.244 e. The minimum atomic E-state index is -3.83. The van der Waals surface area contributed by atoms with Crippen molar-refractivity contribution in [3.63, 3.8) is 0 Å². The van der Waals surface area contributed by atoms with Crippen molar-refractivity contribution >= 4 is 21.6 Å². The van der Waals surface area contributed by atoms with Gasteiger partial charge >= 0.3 is 0 Å². The molecular weight excluding hydrogens is 396 g/mol. The van der Waals surface area contributed by atoms with Crippen molar-refractivity contribution in [2.24, 2.45) is 0 Å². The lowest BCUT2D eigenvalue weighted by molar-refractivity contribution is -0.120. The van der Waals surface area contributed by atoms with Gasteiger partial charge in [-0.15, -0.1) is 0 Å². The molecule has 0 spiro atoms. The predicted molar refractivity (Wildman–Crippen MR) is 118 cm³/mol. The molecule has 3 aromatic rings. The first-order chi connectivity index (χ1) is 14.5. The Balaban J connectivity index is 1.72. The monoisotopic (exact) mass is 420 g/mol. The van der Waals surface area contributed by atoms with Gasteiger partial charge in [-0.2, -0.15) is 4.31 Å². The van der Waals surface area contributed by atoms with Crippen LogP contribution in [-0.2, 0) is 34.2 Å². The Hall–Kier alpha value is -2.96. The van der Waals surface area contributed by atoms with Gasteiger partial charge in [0, 0.05) is 12.2 Å². The molecule has 1 heterocycles. The summed E-state index contributed by atoms with van der Waals surface area (Å²) >= 11 is 0. The van der Waals surface area contributed by atoms with Crippen LogP contribution in [0.1, 0.15) is 23.6 Å². The standard InChI is InChI=1S/C24H24N2O3S/c1-2-18-10-8-9-15-22(18)25-24(27)23-16-19-11-6-7-12-20(19)17-26(23)30(28,29)21-13-4-3-5-14-21/h3-15,23H,2,16-17H2,1H3,(H,25,27)/t23-/m0/s1. The summed E-state index contributed by atoms with van der Waals surface area (Å²) in [5, 5.41) is 2.97. The zero-order valence-electron chi connectivity index (χ0n) is 16.8. The van der Waals surface area contributed by atoms with Crippen molar-refractivity contribution in [1.82, 2.24) is 4.31 Å². The lowest BCUT2D eigenvalue weighted by Crippen LogP contribution is -2.50. The Kier molecular flexibility index (Phi) is 5.70. The molecule has 1 atom stereocenters. The van der Waals surface area contributed by atoms with Crippen LogP contribution in [0.4, 0.5) is 5.69 Å². The van der Waals surface area contributed by atoms with Crippen molar-refractivity contribution in [2.75, 3.05) is 5.32 Å². The smallest absolute Gasteiger partial charge is 0.244 e. The number of amides is 1. The van der Waals surface area contributed by atoms with Crippen LogP contribution in [0.5, 0.6) is 0 Å². The van der Waals surface area contributed by atoms with Crippen LogP contribution < -0.4 is 5.32 Å². The van der Waals surface area contributed by atoms with Gasteiger partial charge in [-0.3, -0.25) is 4.79 Å². The van der Waals surface area contributed by atoms with E-state index in [4.69, 9.17) is 0 Å². The van der Waals surface area contributed by atoms with E-state index < -0.39 is 16.1 Å². The highest BCUT2D eigenvalue weighted by Gasteiger charge is 2.39. The van der Waals surface area contributed by atoms with E-state index >= 15 is 0 Å². The first kappa shape index (κ1) is 20.3. The van der Waals surface area contributed by atoms with E-state index in [-0.39, 0.29) is 17.3 Å². The minimum absolute atomic E-state index is 0.168. The molecule has 1 amide bonds. The second-order valence-corrected chi connectivity index (χ2v) is 9.24. The Morgan fingerprint density at radius 1 is 0.933 bits per heavy atom. The zero-order chi connectivity index (χ0) is 21.1.